The van der Waals surface area contributed by atoms with Crippen molar-refractivity contribution in [3.8, 4) is 11.5 Å². The number of carbonyl (C=O) groups excluding carboxylic acids is 1. The highest BCUT2D eigenvalue weighted by molar-refractivity contribution is 5.75. The molecular formula is C20H32N2O4. The number of carbonyl (C=O) groups is 1. The smallest absolute Gasteiger partial charge is 0.317 e. The number of nitrogens with one attached hydrogen (secondary N) is 1. The normalized spacial score (nSPS) is 16.5. The molecule has 1 aromatic carbocycles. The second-order valence-electron chi connectivity index (χ2n) is 7.19. The molecule has 1 heterocycles. The number of benzene rings is 1. The predicted octanol–water partition coefficient (Wildman–Crippen LogP) is 3.61. The molecule has 1 fully saturated rings. The van der Waals surface area contributed by atoms with Gasteiger partial charge in [-0.15, -0.1) is 0 Å². The fraction of sp³-hybridized carbons (Fsp3) is 0.650. The topological polar surface area (TPSA) is 60.0 Å². The van der Waals surface area contributed by atoms with E-state index in [1.807, 2.05) is 30.0 Å². The highest BCUT2D eigenvalue weighted by Gasteiger charge is 2.25. The van der Waals surface area contributed by atoms with Gasteiger partial charge in [-0.2, -0.15) is 0 Å². The average molecular weight is 364 g/mol. The summed E-state index contributed by atoms with van der Waals surface area (Å²) in [6, 6.07) is 5.43. The molecular weight excluding hydrogens is 332 g/mol. The summed E-state index contributed by atoms with van der Waals surface area (Å²) >= 11 is 0. The first-order valence-corrected chi connectivity index (χ1v) is 9.33. The van der Waals surface area contributed by atoms with Crippen molar-refractivity contribution in [2.75, 3.05) is 33.9 Å². The first-order valence-electron chi connectivity index (χ1n) is 9.33. The maximum atomic E-state index is 12.6. The highest BCUT2D eigenvalue weighted by atomic mass is 16.5. The van der Waals surface area contributed by atoms with Crippen LogP contribution < -0.4 is 14.8 Å². The number of hydrogen-bond donors (Lipinski definition) is 1. The molecule has 26 heavy (non-hydrogen) atoms. The van der Waals surface area contributed by atoms with E-state index in [1.165, 1.54) is 0 Å². The number of rotatable bonds is 7. The molecule has 1 aliphatic heterocycles. The summed E-state index contributed by atoms with van der Waals surface area (Å²) in [6.07, 6.45) is 2.04. The Balaban J connectivity index is 1.88. The molecule has 0 radical (unpaired) electrons. The van der Waals surface area contributed by atoms with Gasteiger partial charge in [0.2, 0.25) is 0 Å². The summed E-state index contributed by atoms with van der Waals surface area (Å²) < 4.78 is 16.5. The van der Waals surface area contributed by atoms with Crippen molar-refractivity contribution >= 4 is 6.03 Å². The standard InChI is InChI=1S/C20H32N2O4/c1-14(2)13-26-16-8-10-22(11-9-16)20(23)21-15(3)18-7-6-17(24-4)12-19(18)25-5/h6-7,12,14-16H,8-11,13H2,1-5H3,(H,21,23). The van der Waals surface area contributed by atoms with Crippen molar-refractivity contribution in [2.24, 2.45) is 5.92 Å². The summed E-state index contributed by atoms with van der Waals surface area (Å²) in [7, 11) is 3.24. The Labute approximate surface area is 156 Å². The van der Waals surface area contributed by atoms with E-state index >= 15 is 0 Å². The number of nitrogens with zero attached hydrogens (tertiary/aromatic N) is 1. The Morgan fingerprint density at radius 3 is 2.46 bits per heavy atom. The van der Waals surface area contributed by atoms with Crippen LogP contribution in [0.25, 0.3) is 0 Å². The molecule has 0 aliphatic carbocycles. The summed E-state index contributed by atoms with van der Waals surface area (Å²) in [5, 5.41) is 3.07. The van der Waals surface area contributed by atoms with Crippen molar-refractivity contribution < 1.29 is 19.0 Å². The van der Waals surface area contributed by atoms with Gasteiger partial charge in [0, 0.05) is 31.3 Å². The van der Waals surface area contributed by atoms with Crippen LogP contribution in [0, 0.1) is 5.92 Å². The Morgan fingerprint density at radius 1 is 1.19 bits per heavy atom. The number of hydrogen-bond acceptors (Lipinski definition) is 4. The van der Waals surface area contributed by atoms with E-state index < -0.39 is 0 Å². The molecule has 146 valence electrons. The summed E-state index contributed by atoms with van der Waals surface area (Å²) in [4.78, 5) is 14.4. The molecule has 0 aromatic heterocycles. The molecule has 2 rings (SSSR count). The van der Waals surface area contributed by atoms with E-state index in [-0.39, 0.29) is 18.2 Å². The monoisotopic (exact) mass is 364 g/mol. The van der Waals surface area contributed by atoms with Crippen LogP contribution in [0.2, 0.25) is 0 Å². The van der Waals surface area contributed by atoms with Gasteiger partial charge in [0.1, 0.15) is 11.5 Å². The number of urea groups is 1. The summed E-state index contributed by atoms with van der Waals surface area (Å²) in [5.41, 5.74) is 0.928. The van der Waals surface area contributed by atoms with Crippen molar-refractivity contribution in [1.29, 1.82) is 0 Å². The second kappa shape index (κ2) is 9.67. The Bertz CT molecular complexity index is 583. The number of likely N-dealkylation sites (tertiary alicyclic amines) is 1. The zero-order chi connectivity index (χ0) is 19.1. The molecule has 0 saturated carbocycles. The lowest BCUT2D eigenvalue weighted by molar-refractivity contribution is 0.00199. The Kier molecular flexibility index (Phi) is 7.57. The van der Waals surface area contributed by atoms with Crippen molar-refractivity contribution in [3.63, 3.8) is 0 Å². The third-order valence-corrected chi connectivity index (χ3v) is 4.64. The maximum absolute atomic E-state index is 12.6. The summed E-state index contributed by atoms with van der Waals surface area (Å²) in [6.45, 7) is 8.49. The molecule has 1 aromatic rings. The van der Waals surface area contributed by atoms with Crippen LogP contribution in [-0.4, -0.2) is 51.0 Å². The van der Waals surface area contributed by atoms with Crippen molar-refractivity contribution in [2.45, 2.75) is 45.8 Å². The predicted molar refractivity (Wildman–Crippen MR) is 102 cm³/mol. The fourth-order valence-corrected chi connectivity index (χ4v) is 3.08. The first-order chi connectivity index (χ1) is 12.4. The third kappa shape index (κ3) is 5.53. The van der Waals surface area contributed by atoms with Gasteiger partial charge in [-0.3, -0.25) is 0 Å². The molecule has 1 unspecified atom stereocenters. The van der Waals surface area contributed by atoms with Gasteiger partial charge in [0.05, 0.1) is 26.4 Å². The van der Waals surface area contributed by atoms with Gasteiger partial charge in [-0.1, -0.05) is 13.8 Å². The second-order valence-corrected chi connectivity index (χ2v) is 7.19. The fourth-order valence-electron chi connectivity index (χ4n) is 3.08. The molecule has 6 nitrogen and oxygen atoms in total. The Morgan fingerprint density at radius 2 is 1.88 bits per heavy atom. The van der Waals surface area contributed by atoms with E-state index in [2.05, 4.69) is 19.2 Å². The van der Waals surface area contributed by atoms with E-state index in [4.69, 9.17) is 14.2 Å². The molecule has 0 bridgehead atoms. The molecule has 1 aliphatic rings. The van der Waals surface area contributed by atoms with Crippen LogP contribution in [0.15, 0.2) is 18.2 Å². The van der Waals surface area contributed by atoms with Gasteiger partial charge in [-0.25, -0.2) is 4.79 Å². The average Bonchev–Trinajstić information content (AvgIpc) is 2.65. The number of ether oxygens (including phenoxy) is 3. The van der Waals surface area contributed by atoms with Crippen molar-refractivity contribution in [1.82, 2.24) is 10.2 Å². The Hall–Kier alpha value is -1.95. The van der Waals surface area contributed by atoms with Gasteiger partial charge < -0.3 is 24.4 Å². The van der Waals surface area contributed by atoms with Gasteiger partial charge in [0.25, 0.3) is 0 Å². The highest BCUT2D eigenvalue weighted by Crippen LogP contribution is 2.29. The largest absolute Gasteiger partial charge is 0.497 e. The number of methoxy groups -OCH3 is 2. The maximum Gasteiger partial charge on any atom is 0.317 e. The minimum atomic E-state index is -0.154. The SMILES string of the molecule is COc1ccc(C(C)NC(=O)N2CCC(OCC(C)C)CC2)c(OC)c1. The summed E-state index contributed by atoms with van der Waals surface area (Å²) in [5.74, 6) is 1.97. The lowest BCUT2D eigenvalue weighted by atomic mass is 10.1. The third-order valence-electron chi connectivity index (χ3n) is 4.64. The zero-order valence-corrected chi connectivity index (χ0v) is 16.6. The van der Waals surface area contributed by atoms with Crippen LogP contribution in [0.1, 0.15) is 45.2 Å². The van der Waals surface area contributed by atoms with E-state index in [1.54, 1.807) is 14.2 Å². The lowest BCUT2D eigenvalue weighted by Gasteiger charge is -2.33. The molecule has 1 saturated heterocycles. The van der Waals surface area contributed by atoms with Gasteiger partial charge in [-0.05, 0) is 37.8 Å². The van der Waals surface area contributed by atoms with Crippen LogP contribution in [0.3, 0.4) is 0 Å². The molecule has 6 heteroatoms. The van der Waals surface area contributed by atoms with Crippen LogP contribution in [0.4, 0.5) is 4.79 Å². The molecule has 1 atom stereocenters. The quantitative estimate of drug-likeness (QED) is 0.803. The zero-order valence-electron chi connectivity index (χ0n) is 16.6. The van der Waals surface area contributed by atoms with E-state index in [0.717, 1.165) is 43.9 Å². The molecule has 2 amide bonds. The van der Waals surface area contributed by atoms with E-state index in [0.29, 0.717) is 11.7 Å². The van der Waals surface area contributed by atoms with Crippen LogP contribution >= 0.6 is 0 Å². The van der Waals surface area contributed by atoms with Crippen LogP contribution in [0.5, 0.6) is 11.5 Å². The van der Waals surface area contributed by atoms with Gasteiger partial charge >= 0.3 is 6.03 Å². The van der Waals surface area contributed by atoms with E-state index in [9.17, 15) is 4.79 Å². The first kappa shape index (κ1) is 20.4. The lowest BCUT2D eigenvalue weighted by Crippen LogP contribution is -2.46. The van der Waals surface area contributed by atoms with Crippen molar-refractivity contribution in [3.05, 3.63) is 23.8 Å². The van der Waals surface area contributed by atoms with Crippen LogP contribution in [-0.2, 0) is 4.74 Å². The number of piperidine rings is 1. The van der Waals surface area contributed by atoms with Gasteiger partial charge in [0.15, 0.2) is 0 Å². The minimum absolute atomic E-state index is 0.0438. The number of amides is 2. The molecule has 0 spiro atoms. The molecule has 1 N–H and O–H groups in total. The minimum Gasteiger partial charge on any atom is -0.497 e.